The molecule has 3 nitrogen and oxygen atoms in total. The minimum absolute atomic E-state index is 0.102. The van der Waals surface area contributed by atoms with Crippen molar-refractivity contribution in [1.29, 1.82) is 0 Å². The third-order valence-corrected chi connectivity index (χ3v) is 5.71. The number of hydrogen-bond acceptors (Lipinski definition) is 4. The zero-order valence-electron chi connectivity index (χ0n) is 18.7. The van der Waals surface area contributed by atoms with Crippen molar-refractivity contribution in [3.05, 3.63) is 76.9 Å². The number of nitrogen functional groups attached to an aromatic ring is 1. The third-order valence-electron chi connectivity index (χ3n) is 4.41. The second kappa shape index (κ2) is 13.2. The predicted molar refractivity (Wildman–Crippen MR) is 135 cm³/mol. The average Bonchev–Trinajstić information content (AvgIpc) is 3.01. The molecule has 0 radical (unpaired) electrons. The van der Waals surface area contributed by atoms with Crippen molar-refractivity contribution in [2.75, 3.05) is 26.4 Å². The van der Waals surface area contributed by atoms with Crippen LogP contribution in [0.5, 0.6) is 0 Å². The standard InChI is InChI=1S/C19H18ClNOS.C6H15N/c1-4-14(11-10-12(2)20)17(22)16-13(3)18(23-19(16)21)15-8-6-5-7-9-15;1-4-5-6-7(2)3/h4-11H,2,21H2,1,3H3;4-6H2,1-3H3/b11-10-,14-4+;. The molecule has 30 heavy (non-hydrogen) atoms. The number of nitrogens with two attached hydrogens (primary N) is 1. The Labute approximate surface area is 190 Å². The van der Waals surface area contributed by atoms with Gasteiger partial charge in [0, 0.05) is 15.5 Å². The van der Waals surface area contributed by atoms with Crippen molar-refractivity contribution in [1.82, 2.24) is 4.90 Å². The zero-order valence-corrected chi connectivity index (χ0v) is 20.2. The molecule has 1 aromatic heterocycles. The number of allylic oxidation sites excluding steroid dienone is 5. The molecule has 2 rings (SSSR count). The van der Waals surface area contributed by atoms with E-state index in [1.165, 1.54) is 30.7 Å². The van der Waals surface area contributed by atoms with Gasteiger partial charge >= 0.3 is 0 Å². The number of halogens is 1. The Bertz CT molecular complexity index is 895. The summed E-state index contributed by atoms with van der Waals surface area (Å²) in [6, 6.07) is 9.93. The molecule has 0 unspecified atom stereocenters. The Morgan fingerprint density at radius 3 is 2.33 bits per heavy atom. The molecular weight excluding hydrogens is 412 g/mol. The van der Waals surface area contributed by atoms with Crippen molar-refractivity contribution >= 4 is 33.7 Å². The summed E-state index contributed by atoms with van der Waals surface area (Å²) in [5.41, 5.74) is 9.20. The molecule has 1 aromatic carbocycles. The van der Waals surface area contributed by atoms with Crippen molar-refractivity contribution < 1.29 is 4.79 Å². The van der Waals surface area contributed by atoms with Crippen molar-refractivity contribution in [3.63, 3.8) is 0 Å². The Morgan fingerprint density at radius 1 is 1.23 bits per heavy atom. The fourth-order valence-electron chi connectivity index (χ4n) is 2.78. The number of benzene rings is 1. The molecule has 0 amide bonds. The van der Waals surface area contributed by atoms with Crippen LogP contribution in [0.1, 0.15) is 42.6 Å². The van der Waals surface area contributed by atoms with E-state index in [1.54, 1.807) is 18.2 Å². The number of ketones is 1. The first-order valence-corrected chi connectivity index (χ1v) is 11.2. The van der Waals surface area contributed by atoms with E-state index in [9.17, 15) is 4.79 Å². The molecule has 162 valence electrons. The maximum atomic E-state index is 12.8. The van der Waals surface area contributed by atoms with E-state index in [0.717, 1.165) is 16.0 Å². The second-order valence-corrected chi connectivity index (χ2v) is 8.71. The zero-order chi connectivity index (χ0) is 22.7. The van der Waals surface area contributed by atoms with Gasteiger partial charge in [0.05, 0.1) is 10.6 Å². The molecule has 0 fully saturated rings. The van der Waals surface area contributed by atoms with Gasteiger partial charge in [0.1, 0.15) is 0 Å². The molecule has 0 spiro atoms. The summed E-state index contributed by atoms with van der Waals surface area (Å²) in [7, 11) is 4.21. The maximum absolute atomic E-state index is 12.8. The van der Waals surface area contributed by atoms with Crippen molar-refractivity contribution in [2.45, 2.75) is 33.6 Å². The first-order valence-electron chi connectivity index (χ1n) is 10.0. The van der Waals surface area contributed by atoms with E-state index in [-0.39, 0.29) is 5.78 Å². The van der Waals surface area contributed by atoms with Crippen molar-refractivity contribution in [3.8, 4) is 10.4 Å². The monoisotopic (exact) mass is 444 g/mol. The summed E-state index contributed by atoms with van der Waals surface area (Å²) in [6.07, 6.45) is 7.64. The van der Waals surface area contributed by atoms with Crippen LogP contribution in [0, 0.1) is 6.92 Å². The Kier molecular flexibility index (Phi) is 11.4. The largest absolute Gasteiger partial charge is 0.390 e. The van der Waals surface area contributed by atoms with Crippen LogP contribution in [0.4, 0.5) is 5.00 Å². The Hall–Kier alpha value is -2.14. The summed E-state index contributed by atoms with van der Waals surface area (Å²) in [5.74, 6) is -0.102. The lowest BCUT2D eigenvalue weighted by molar-refractivity contribution is 0.103. The topological polar surface area (TPSA) is 46.3 Å². The molecule has 0 atom stereocenters. The van der Waals surface area contributed by atoms with Gasteiger partial charge in [0.25, 0.3) is 0 Å². The molecule has 2 N–H and O–H groups in total. The molecule has 0 saturated carbocycles. The van der Waals surface area contributed by atoms with E-state index in [0.29, 0.717) is 21.2 Å². The summed E-state index contributed by atoms with van der Waals surface area (Å²) in [5, 5.41) is 0.904. The lowest BCUT2D eigenvalue weighted by Gasteiger charge is -2.05. The molecule has 2 aromatic rings. The predicted octanol–water partition coefficient (Wildman–Crippen LogP) is 7.09. The van der Waals surface area contributed by atoms with Crippen LogP contribution in [-0.4, -0.2) is 31.3 Å². The highest BCUT2D eigenvalue weighted by atomic mass is 35.5. The van der Waals surface area contributed by atoms with E-state index in [4.69, 9.17) is 17.3 Å². The van der Waals surface area contributed by atoms with Gasteiger partial charge in [0.2, 0.25) is 0 Å². The van der Waals surface area contributed by atoms with E-state index >= 15 is 0 Å². The number of Topliss-reactive ketones (excluding diaryl/α,β-unsaturated/α-hetero) is 1. The maximum Gasteiger partial charge on any atom is 0.195 e. The van der Waals surface area contributed by atoms with Crippen LogP contribution in [0.15, 0.2) is 65.7 Å². The lowest BCUT2D eigenvalue weighted by Crippen LogP contribution is -2.12. The molecule has 0 saturated heterocycles. The fourth-order valence-corrected chi connectivity index (χ4v) is 3.92. The van der Waals surface area contributed by atoms with E-state index in [1.807, 2.05) is 44.2 Å². The van der Waals surface area contributed by atoms with E-state index in [2.05, 4.69) is 32.5 Å². The second-order valence-electron chi connectivity index (χ2n) is 7.17. The average molecular weight is 445 g/mol. The van der Waals surface area contributed by atoms with Crippen LogP contribution in [0.3, 0.4) is 0 Å². The number of carbonyl (C=O) groups is 1. The van der Waals surface area contributed by atoms with Gasteiger partial charge in [-0.2, -0.15) is 0 Å². The molecule has 0 aliphatic carbocycles. The number of unbranched alkanes of at least 4 members (excludes halogenated alkanes) is 1. The third kappa shape index (κ3) is 7.94. The van der Waals surface area contributed by atoms with Gasteiger partial charge in [-0.3, -0.25) is 4.79 Å². The van der Waals surface area contributed by atoms with Gasteiger partial charge in [-0.05, 0) is 64.2 Å². The molecule has 1 heterocycles. The number of carbonyl (C=O) groups excluding carboxylic acids is 1. The van der Waals surface area contributed by atoms with Gasteiger partial charge in [0.15, 0.2) is 5.78 Å². The quantitative estimate of drug-likeness (QED) is 0.268. The molecule has 0 bridgehead atoms. The Morgan fingerprint density at radius 2 is 1.87 bits per heavy atom. The first kappa shape index (κ1) is 25.9. The molecule has 5 heteroatoms. The van der Waals surface area contributed by atoms with Crippen molar-refractivity contribution in [2.24, 2.45) is 0 Å². The summed E-state index contributed by atoms with van der Waals surface area (Å²) in [4.78, 5) is 16.0. The van der Waals surface area contributed by atoms with Crippen LogP contribution in [-0.2, 0) is 0 Å². The van der Waals surface area contributed by atoms with Crippen LogP contribution < -0.4 is 5.73 Å². The molecule has 0 aliphatic rings. The number of anilines is 1. The first-order chi connectivity index (χ1) is 14.2. The SMILES string of the molecule is C=C(Cl)/C=C\C(=C/C)C(=O)c1c(N)sc(-c2ccccc2)c1C.CCCCN(C)C. The van der Waals surface area contributed by atoms with E-state index < -0.39 is 0 Å². The summed E-state index contributed by atoms with van der Waals surface area (Å²) < 4.78 is 0. The van der Waals surface area contributed by atoms with Gasteiger partial charge in [-0.1, -0.05) is 67.9 Å². The highest BCUT2D eigenvalue weighted by Gasteiger charge is 2.21. The number of nitrogens with zero attached hydrogens (tertiary/aromatic N) is 1. The van der Waals surface area contributed by atoms with Crippen LogP contribution in [0.25, 0.3) is 10.4 Å². The smallest absolute Gasteiger partial charge is 0.195 e. The van der Waals surface area contributed by atoms with Crippen LogP contribution >= 0.6 is 22.9 Å². The molecule has 0 aliphatic heterocycles. The minimum Gasteiger partial charge on any atom is -0.390 e. The number of hydrogen-bond donors (Lipinski definition) is 1. The van der Waals surface area contributed by atoms with Gasteiger partial charge in [-0.25, -0.2) is 0 Å². The lowest BCUT2D eigenvalue weighted by atomic mass is 9.98. The highest BCUT2D eigenvalue weighted by molar-refractivity contribution is 7.20. The summed E-state index contributed by atoms with van der Waals surface area (Å²) >= 11 is 7.17. The fraction of sp³-hybridized carbons (Fsp3) is 0.320. The number of rotatable bonds is 8. The summed E-state index contributed by atoms with van der Waals surface area (Å²) in [6.45, 7) is 10.8. The normalized spacial score (nSPS) is 11.5. The highest BCUT2D eigenvalue weighted by Crippen LogP contribution is 2.39. The number of thiophene rings is 1. The molecular formula is C25H33ClN2OS. The van der Waals surface area contributed by atoms with Gasteiger partial charge in [-0.15, -0.1) is 11.3 Å². The minimum atomic E-state index is -0.102. The Balaban J connectivity index is 0.000000553. The van der Waals surface area contributed by atoms with Gasteiger partial charge < -0.3 is 10.6 Å². The van der Waals surface area contributed by atoms with Crippen LogP contribution in [0.2, 0.25) is 0 Å².